The maximum atomic E-state index is 12.8. The Kier molecular flexibility index (Phi) is 5.14. The molecule has 1 aromatic rings. The van der Waals surface area contributed by atoms with E-state index in [-0.39, 0.29) is 5.92 Å². The molecule has 1 aromatic carbocycles. The fourth-order valence-electron chi connectivity index (χ4n) is 4.25. The molecular formula is C19H28N2O. The Bertz CT molecular complexity index is 487. The summed E-state index contributed by atoms with van der Waals surface area (Å²) in [5.74, 6) is 1.59. The number of likely N-dealkylation sites (tertiary alicyclic amines) is 1. The van der Waals surface area contributed by atoms with Crippen molar-refractivity contribution >= 4 is 5.91 Å². The highest BCUT2D eigenvalue weighted by molar-refractivity contribution is 5.79. The van der Waals surface area contributed by atoms with E-state index >= 15 is 0 Å². The molecule has 3 atom stereocenters. The van der Waals surface area contributed by atoms with Gasteiger partial charge in [-0.05, 0) is 56.0 Å². The second-order valence-corrected chi connectivity index (χ2v) is 6.90. The number of benzene rings is 1. The molecule has 3 nitrogen and oxygen atoms in total. The van der Waals surface area contributed by atoms with Gasteiger partial charge in [-0.15, -0.1) is 0 Å². The number of nitrogens with two attached hydrogens (primary N) is 1. The van der Waals surface area contributed by atoms with Crippen molar-refractivity contribution in [2.24, 2.45) is 17.6 Å². The SMILES string of the molecule is NC[C@H]1CCC[C@H]1C(=O)N1CCCC(c2ccccc2)CC1. The molecule has 0 radical (unpaired) electrons. The molecule has 1 saturated heterocycles. The standard InChI is InChI=1S/C19H28N2O/c20-14-17-8-4-10-18(17)19(22)21-12-5-9-16(11-13-21)15-6-2-1-3-7-15/h1-3,6-7,16-18H,4-5,8-14,20H2/t16?,17-,18-/m1/s1. The van der Waals surface area contributed by atoms with Gasteiger partial charge in [-0.25, -0.2) is 0 Å². The molecule has 1 aliphatic carbocycles. The lowest BCUT2D eigenvalue weighted by Gasteiger charge is -2.27. The summed E-state index contributed by atoms with van der Waals surface area (Å²) in [7, 11) is 0. The number of amides is 1. The third-order valence-electron chi connectivity index (χ3n) is 5.59. The quantitative estimate of drug-likeness (QED) is 0.932. The van der Waals surface area contributed by atoms with Crippen molar-refractivity contribution in [1.29, 1.82) is 0 Å². The van der Waals surface area contributed by atoms with Gasteiger partial charge in [-0.3, -0.25) is 4.79 Å². The van der Waals surface area contributed by atoms with Gasteiger partial charge in [0, 0.05) is 19.0 Å². The van der Waals surface area contributed by atoms with Crippen molar-refractivity contribution in [1.82, 2.24) is 4.90 Å². The van der Waals surface area contributed by atoms with Crippen LogP contribution in [0.1, 0.15) is 50.0 Å². The lowest BCUT2D eigenvalue weighted by Crippen LogP contribution is -2.39. The number of nitrogens with zero attached hydrogens (tertiary/aromatic N) is 1. The second kappa shape index (κ2) is 7.28. The molecule has 1 aliphatic heterocycles. The normalized spacial score (nSPS) is 29.3. The monoisotopic (exact) mass is 300 g/mol. The zero-order valence-electron chi connectivity index (χ0n) is 13.4. The Balaban J connectivity index is 1.61. The predicted octanol–water partition coefficient (Wildman–Crippen LogP) is 3.16. The van der Waals surface area contributed by atoms with E-state index in [9.17, 15) is 4.79 Å². The van der Waals surface area contributed by atoms with Gasteiger partial charge < -0.3 is 10.6 Å². The molecule has 1 amide bonds. The Morgan fingerprint density at radius 2 is 1.86 bits per heavy atom. The molecule has 3 rings (SSSR count). The highest BCUT2D eigenvalue weighted by Crippen LogP contribution is 2.34. The molecular weight excluding hydrogens is 272 g/mol. The molecule has 3 heteroatoms. The zero-order chi connectivity index (χ0) is 15.4. The molecule has 2 aliphatic rings. The van der Waals surface area contributed by atoms with E-state index in [1.807, 2.05) is 0 Å². The molecule has 0 aromatic heterocycles. The number of carbonyl (C=O) groups excluding carboxylic acids is 1. The summed E-state index contributed by atoms with van der Waals surface area (Å²) < 4.78 is 0. The van der Waals surface area contributed by atoms with Crippen molar-refractivity contribution in [3.05, 3.63) is 35.9 Å². The van der Waals surface area contributed by atoms with E-state index < -0.39 is 0 Å². The molecule has 0 spiro atoms. The maximum Gasteiger partial charge on any atom is 0.226 e. The van der Waals surface area contributed by atoms with Crippen molar-refractivity contribution in [3.8, 4) is 0 Å². The third-order valence-corrected chi connectivity index (χ3v) is 5.59. The molecule has 2 N–H and O–H groups in total. The first-order chi connectivity index (χ1) is 10.8. The number of carbonyl (C=O) groups is 1. The van der Waals surface area contributed by atoms with Gasteiger partial charge in [0.05, 0.1) is 0 Å². The van der Waals surface area contributed by atoms with Crippen LogP contribution in [0.3, 0.4) is 0 Å². The van der Waals surface area contributed by atoms with Crippen LogP contribution in [0, 0.1) is 11.8 Å². The fraction of sp³-hybridized carbons (Fsp3) is 0.632. The van der Waals surface area contributed by atoms with Crippen LogP contribution in [0.5, 0.6) is 0 Å². The van der Waals surface area contributed by atoms with Crippen LogP contribution in [0.4, 0.5) is 0 Å². The van der Waals surface area contributed by atoms with Gasteiger partial charge in [-0.1, -0.05) is 36.8 Å². The number of rotatable bonds is 3. The fourth-order valence-corrected chi connectivity index (χ4v) is 4.25. The average Bonchev–Trinajstić information content (AvgIpc) is 2.91. The summed E-state index contributed by atoms with van der Waals surface area (Å²) >= 11 is 0. The largest absolute Gasteiger partial charge is 0.342 e. The summed E-state index contributed by atoms with van der Waals surface area (Å²) in [5.41, 5.74) is 7.28. The Hall–Kier alpha value is -1.35. The van der Waals surface area contributed by atoms with Crippen LogP contribution in [-0.2, 0) is 4.79 Å². The minimum Gasteiger partial charge on any atom is -0.342 e. The third kappa shape index (κ3) is 3.35. The van der Waals surface area contributed by atoms with Crippen LogP contribution < -0.4 is 5.73 Å². The Labute approximate surface area is 133 Å². The number of hydrogen-bond donors (Lipinski definition) is 1. The van der Waals surface area contributed by atoms with Crippen molar-refractivity contribution < 1.29 is 4.79 Å². The lowest BCUT2D eigenvalue weighted by molar-refractivity contribution is -0.136. The van der Waals surface area contributed by atoms with Crippen LogP contribution in [-0.4, -0.2) is 30.4 Å². The van der Waals surface area contributed by atoms with Crippen LogP contribution >= 0.6 is 0 Å². The maximum absolute atomic E-state index is 12.8. The van der Waals surface area contributed by atoms with Gasteiger partial charge in [0.2, 0.25) is 5.91 Å². The molecule has 120 valence electrons. The molecule has 1 heterocycles. The minimum atomic E-state index is 0.193. The summed E-state index contributed by atoms with van der Waals surface area (Å²) in [6, 6.07) is 10.8. The first-order valence-electron chi connectivity index (χ1n) is 8.83. The average molecular weight is 300 g/mol. The van der Waals surface area contributed by atoms with Crippen molar-refractivity contribution in [2.75, 3.05) is 19.6 Å². The van der Waals surface area contributed by atoms with Crippen LogP contribution in [0.2, 0.25) is 0 Å². The summed E-state index contributed by atoms with van der Waals surface area (Å²) in [6.45, 7) is 2.50. The second-order valence-electron chi connectivity index (χ2n) is 6.90. The van der Waals surface area contributed by atoms with Crippen molar-refractivity contribution in [3.63, 3.8) is 0 Å². The highest BCUT2D eigenvalue weighted by atomic mass is 16.2. The van der Waals surface area contributed by atoms with Crippen LogP contribution in [0.25, 0.3) is 0 Å². The van der Waals surface area contributed by atoms with E-state index in [1.165, 1.54) is 18.4 Å². The summed E-state index contributed by atoms with van der Waals surface area (Å²) in [6.07, 6.45) is 6.74. The minimum absolute atomic E-state index is 0.193. The smallest absolute Gasteiger partial charge is 0.226 e. The summed E-state index contributed by atoms with van der Waals surface area (Å²) in [4.78, 5) is 15.0. The number of hydrogen-bond acceptors (Lipinski definition) is 2. The molecule has 0 bridgehead atoms. The molecule has 1 saturated carbocycles. The van der Waals surface area contributed by atoms with E-state index in [4.69, 9.17) is 5.73 Å². The van der Waals surface area contributed by atoms with Crippen molar-refractivity contribution in [2.45, 2.75) is 44.4 Å². The van der Waals surface area contributed by atoms with Gasteiger partial charge in [0.1, 0.15) is 0 Å². The summed E-state index contributed by atoms with van der Waals surface area (Å²) in [5, 5.41) is 0. The Morgan fingerprint density at radius 1 is 1.05 bits per heavy atom. The molecule has 1 unspecified atom stereocenters. The topological polar surface area (TPSA) is 46.3 Å². The lowest BCUT2D eigenvalue weighted by atomic mass is 9.92. The Morgan fingerprint density at radius 3 is 2.64 bits per heavy atom. The first kappa shape index (κ1) is 15.5. The zero-order valence-corrected chi connectivity index (χ0v) is 13.4. The molecule has 2 fully saturated rings. The first-order valence-corrected chi connectivity index (χ1v) is 8.83. The van der Waals surface area contributed by atoms with Gasteiger partial charge in [0.15, 0.2) is 0 Å². The van der Waals surface area contributed by atoms with E-state index in [0.717, 1.165) is 38.8 Å². The van der Waals surface area contributed by atoms with Gasteiger partial charge >= 0.3 is 0 Å². The predicted molar refractivity (Wildman–Crippen MR) is 89.5 cm³/mol. The molecule has 22 heavy (non-hydrogen) atoms. The highest BCUT2D eigenvalue weighted by Gasteiger charge is 2.35. The van der Waals surface area contributed by atoms with Crippen LogP contribution in [0.15, 0.2) is 30.3 Å². The van der Waals surface area contributed by atoms with E-state index in [0.29, 0.717) is 24.3 Å². The van der Waals surface area contributed by atoms with Gasteiger partial charge in [-0.2, -0.15) is 0 Å². The van der Waals surface area contributed by atoms with E-state index in [1.54, 1.807) is 0 Å². The van der Waals surface area contributed by atoms with E-state index in [2.05, 4.69) is 35.2 Å². The van der Waals surface area contributed by atoms with Gasteiger partial charge in [0.25, 0.3) is 0 Å².